The van der Waals surface area contributed by atoms with E-state index < -0.39 is 0 Å². The average molecular weight is 321 g/mol. The van der Waals surface area contributed by atoms with Crippen LogP contribution in [-0.2, 0) is 5.88 Å². The van der Waals surface area contributed by atoms with Crippen LogP contribution in [-0.4, -0.2) is 0 Å². The van der Waals surface area contributed by atoms with Crippen molar-refractivity contribution in [2.75, 3.05) is 0 Å². The molecule has 0 aliphatic heterocycles. The van der Waals surface area contributed by atoms with Crippen LogP contribution in [0.1, 0.15) is 5.56 Å². The highest BCUT2D eigenvalue weighted by Crippen LogP contribution is 2.27. The highest BCUT2D eigenvalue weighted by atomic mass is 35.5. The molecule has 0 fully saturated rings. The van der Waals surface area contributed by atoms with Gasteiger partial charge in [-0.15, -0.1) is 11.6 Å². The van der Waals surface area contributed by atoms with E-state index in [1.165, 1.54) is 0 Å². The van der Waals surface area contributed by atoms with E-state index in [9.17, 15) is 4.79 Å². The van der Waals surface area contributed by atoms with E-state index in [0.29, 0.717) is 22.6 Å². The number of hydrogen-bond acceptors (Lipinski definition) is 2. The Morgan fingerprint density at radius 2 is 1.78 bits per heavy atom. The third kappa shape index (κ3) is 2.41. The van der Waals surface area contributed by atoms with E-state index in [1.54, 1.807) is 6.07 Å². The maximum Gasteiger partial charge on any atom is 0.193 e. The number of benzene rings is 3. The maximum atomic E-state index is 12.7. The van der Waals surface area contributed by atoms with E-state index in [-0.39, 0.29) is 5.43 Å². The molecule has 1 heterocycles. The lowest BCUT2D eigenvalue weighted by Gasteiger charge is -2.06. The molecule has 0 unspecified atom stereocenters. The minimum absolute atomic E-state index is 0.0330. The van der Waals surface area contributed by atoms with Crippen molar-refractivity contribution < 1.29 is 4.42 Å². The number of fused-ring (bicyclic) bond motifs is 3. The molecule has 4 rings (SSSR count). The minimum atomic E-state index is -0.0330. The molecule has 0 saturated heterocycles. The first-order valence-electron chi connectivity index (χ1n) is 7.37. The Kier molecular flexibility index (Phi) is 3.40. The molecule has 0 aliphatic carbocycles. The lowest BCUT2D eigenvalue weighted by molar-refractivity contribution is 0.619. The summed E-state index contributed by atoms with van der Waals surface area (Å²) in [5, 5.41) is 2.57. The van der Waals surface area contributed by atoms with Gasteiger partial charge < -0.3 is 4.42 Å². The monoisotopic (exact) mass is 320 g/mol. The average Bonchev–Trinajstić information content (AvgIpc) is 2.61. The molecular weight excluding hydrogens is 308 g/mol. The topological polar surface area (TPSA) is 30.2 Å². The third-order valence-electron chi connectivity index (χ3n) is 3.99. The fraction of sp³-hybridized carbons (Fsp3) is 0.0500. The van der Waals surface area contributed by atoms with E-state index in [2.05, 4.69) is 0 Å². The zero-order valence-electron chi connectivity index (χ0n) is 12.3. The summed E-state index contributed by atoms with van der Waals surface area (Å²) >= 11 is 5.89. The summed E-state index contributed by atoms with van der Waals surface area (Å²) in [5.74, 6) is 0.987. The van der Waals surface area contributed by atoms with E-state index in [0.717, 1.165) is 21.9 Å². The van der Waals surface area contributed by atoms with Crippen LogP contribution in [0.3, 0.4) is 0 Å². The number of rotatable bonds is 2. The van der Waals surface area contributed by atoms with Crippen LogP contribution in [0, 0.1) is 0 Å². The molecule has 0 aliphatic rings. The third-order valence-corrected chi connectivity index (χ3v) is 4.29. The Morgan fingerprint density at radius 3 is 2.65 bits per heavy atom. The molecule has 4 aromatic rings. The summed E-state index contributed by atoms with van der Waals surface area (Å²) in [4.78, 5) is 12.7. The van der Waals surface area contributed by atoms with Crippen molar-refractivity contribution in [2.45, 2.75) is 5.88 Å². The number of alkyl halides is 1. The quantitative estimate of drug-likeness (QED) is 0.368. The Hall–Kier alpha value is -2.58. The van der Waals surface area contributed by atoms with Crippen LogP contribution < -0.4 is 5.43 Å². The molecule has 0 radical (unpaired) electrons. The van der Waals surface area contributed by atoms with Crippen molar-refractivity contribution in [1.82, 2.24) is 0 Å². The van der Waals surface area contributed by atoms with E-state index in [1.807, 2.05) is 60.7 Å². The first-order valence-corrected chi connectivity index (χ1v) is 7.90. The largest absolute Gasteiger partial charge is 0.456 e. The SMILES string of the molecule is O=c1cc(-c2cccc(CCl)c2)oc2ccc3ccccc3c12. The summed E-state index contributed by atoms with van der Waals surface area (Å²) < 4.78 is 5.99. The zero-order chi connectivity index (χ0) is 15.8. The number of hydrogen-bond donors (Lipinski definition) is 0. The van der Waals surface area contributed by atoms with Gasteiger partial charge in [-0.25, -0.2) is 0 Å². The van der Waals surface area contributed by atoms with Gasteiger partial charge >= 0.3 is 0 Å². The smallest absolute Gasteiger partial charge is 0.193 e. The van der Waals surface area contributed by atoms with E-state index in [4.69, 9.17) is 16.0 Å². The first-order chi connectivity index (χ1) is 11.3. The van der Waals surface area contributed by atoms with Crippen molar-refractivity contribution in [3.05, 3.63) is 82.5 Å². The molecule has 3 aromatic carbocycles. The summed E-state index contributed by atoms with van der Waals surface area (Å²) in [5.41, 5.74) is 2.41. The van der Waals surface area contributed by atoms with Crippen LogP contribution in [0.25, 0.3) is 33.1 Å². The molecule has 0 N–H and O–H groups in total. The summed E-state index contributed by atoms with van der Waals surface area (Å²) in [6.07, 6.45) is 0. The molecule has 0 bridgehead atoms. The normalized spacial score (nSPS) is 11.2. The molecule has 0 amide bonds. The predicted molar refractivity (Wildman–Crippen MR) is 95.0 cm³/mol. The molecule has 0 atom stereocenters. The van der Waals surface area contributed by atoms with Gasteiger partial charge in [0.05, 0.1) is 5.39 Å². The Labute approximate surface area is 137 Å². The zero-order valence-corrected chi connectivity index (χ0v) is 13.0. The summed E-state index contributed by atoms with van der Waals surface area (Å²) in [6, 6.07) is 20.9. The van der Waals surface area contributed by atoms with E-state index >= 15 is 0 Å². The fourth-order valence-electron chi connectivity index (χ4n) is 2.88. The molecule has 2 nitrogen and oxygen atoms in total. The molecule has 1 aromatic heterocycles. The van der Waals surface area contributed by atoms with Crippen molar-refractivity contribution >= 4 is 33.3 Å². The van der Waals surface area contributed by atoms with Gasteiger partial charge in [-0.1, -0.05) is 48.5 Å². The minimum Gasteiger partial charge on any atom is -0.456 e. The summed E-state index contributed by atoms with van der Waals surface area (Å²) in [6.45, 7) is 0. The first kappa shape index (κ1) is 14.0. The van der Waals surface area contributed by atoms with Gasteiger partial charge in [0.15, 0.2) is 5.43 Å². The molecular formula is C20H13ClO2. The number of halogens is 1. The van der Waals surface area contributed by atoms with Crippen LogP contribution in [0.4, 0.5) is 0 Å². The van der Waals surface area contributed by atoms with Crippen molar-refractivity contribution in [3.8, 4) is 11.3 Å². The van der Waals surface area contributed by atoms with Crippen molar-refractivity contribution in [2.24, 2.45) is 0 Å². The van der Waals surface area contributed by atoms with Crippen molar-refractivity contribution in [1.29, 1.82) is 0 Å². The Balaban J connectivity index is 2.01. The van der Waals surface area contributed by atoms with Crippen LogP contribution in [0.15, 0.2) is 75.9 Å². The van der Waals surface area contributed by atoms with Gasteiger partial charge in [0, 0.05) is 17.5 Å². The van der Waals surface area contributed by atoms with Crippen LogP contribution in [0.5, 0.6) is 0 Å². The summed E-state index contributed by atoms with van der Waals surface area (Å²) in [7, 11) is 0. The van der Waals surface area contributed by atoms with Gasteiger partial charge in [-0.2, -0.15) is 0 Å². The maximum absolute atomic E-state index is 12.7. The lowest BCUT2D eigenvalue weighted by Crippen LogP contribution is -2.01. The lowest BCUT2D eigenvalue weighted by atomic mass is 10.0. The van der Waals surface area contributed by atoms with Gasteiger partial charge in [0.1, 0.15) is 11.3 Å². The highest BCUT2D eigenvalue weighted by molar-refractivity contribution is 6.17. The Morgan fingerprint density at radius 1 is 0.913 bits per heavy atom. The second-order valence-corrected chi connectivity index (χ2v) is 5.74. The Bertz CT molecular complexity index is 1080. The highest BCUT2D eigenvalue weighted by Gasteiger charge is 2.10. The molecule has 112 valence electrons. The molecule has 0 saturated carbocycles. The molecule has 3 heteroatoms. The predicted octanol–water partition coefficient (Wildman–Crippen LogP) is 5.35. The van der Waals surface area contributed by atoms with Gasteiger partial charge in [0.2, 0.25) is 0 Å². The standard InChI is InChI=1S/C20H13ClO2/c21-12-13-4-3-6-15(10-13)19-11-17(22)20-16-7-2-1-5-14(16)8-9-18(20)23-19/h1-11H,12H2. The van der Waals surface area contributed by atoms with Crippen LogP contribution >= 0.6 is 11.6 Å². The second-order valence-electron chi connectivity index (χ2n) is 5.47. The molecule has 0 spiro atoms. The second kappa shape index (κ2) is 5.56. The fourth-order valence-corrected chi connectivity index (χ4v) is 3.05. The van der Waals surface area contributed by atoms with Crippen LogP contribution in [0.2, 0.25) is 0 Å². The van der Waals surface area contributed by atoms with Gasteiger partial charge in [-0.3, -0.25) is 4.79 Å². The molecule has 23 heavy (non-hydrogen) atoms. The van der Waals surface area contributed by atoms with Crippen molar-refractivity contribution in [3.63, 3.8) is 0 Å². The van der Waals surface area contributed by atoms with Gasteiger partial charge in [-0.05, 0) is 28.5 Å². The van der Waals surface area contributed by atoms with Gasteiger partial charge in [0.25, 0.3) is 0 Å².